The summed E-state index contributed by atoms with van der Waals surface area (Å²) in [5, 5.41) is 3.98. The molecule has 0 aliphatic heterocycles. The Labute approximate surface area is 151 Å². The Morgan fingerprint density at radius 1 is 1.29 bits per heavy atom. The Kier molecular flexibility index (Phi) is 3.65. The summed E-state index contributed by atoms with van der Waals surface area (Å²) < 4.78 is 11.0. The second kappa shape index (κ2) is 5.29. The molecule has 6 heteroatoms. The third kappa shape index (κ3) is 2.80. The third-order valence-corrected chi connectivity index (χ3v) is 6.82. The second-order valence-corrected chi connectivity index (χ2v) is 10.9. The van der Waals surface area contributed by atoms with Crippen LogP contribution in [0.15, 0.2) is 4.52 Å². The molecule has 0 saturated heterocycles. The predicted molar refractivity (Wildman–Crippen MR) is 91.6 cm³/mol. The summed E-state index contributed by atoms with van der Waals surface area (Å²) in [7, 11) is 0. The Balaban J connectivity index is 1.44. The molecule has 4 bridgehead atoms. The van der Waals surface area contributed by atoms with E-state index < -0.39 is 0 Å². The zero-order valence-corrected chi connectivity index (χ0v) is 16.2. The maximum Gasteiger partial charge on any atom is 0.312 e. The molecule has 2 atom stereocenters. The third-order valence-electron chi connectivity index (χ3n) is 5.89. The van der Waals surface area contributed by atoms with Crippen LogP contribution < -0.4 is 0 Å². The molecule has 0 N–H and O–H groups in total. The van der Waals surface area contributed by atoms with Crippen LogP contribution in [0.1, 0.15) is 71.0 Å². The van der Waals surface area contributed by atoms with E-state index in [0.29, 0.717) is 23.6 Å². The molecule has 4 aliphatic rings. The average molecular weight is 397 g/mol. The molecule has 132 valence electrons. The fourth-order valence-electron chi connectivity index (χ4n) is 5.29. The molecular weight excluding hydrogens is 372 g/mol. The van der Waals surface area contributed by atoms with Crippen molar-refractivity contribution in [1.82, 2.24) is 10.1 Å². The molecule has 0 radical (unpaired) electrons. The van der Waals surface area contributed by atoms with Gasteiger partial charge in [0.15, 0.2) is 12.4 Å². The molecule has 5 rings (SSSR count). The number of rotatable bonds is 3. The Bertz CT molecular complexity index is 649. The van der Waals surface area contributed by atoms with Crippen molar-refractivity contribution in [3.8, 4) is 0 Å². The van der Waals surface area contributed by atoms with Gasteiger partial charge in [-0.25, -0.2) is 0 Å². The number of alkyl halides is 1. The van der Waals surface area contributed by atoms with Crippen molar-refractivity contribution in [3.05, 3.63) is 11.7 Å². The van der Waals surface area contributed by atoms with E-state index in [4.69, 9.17) is 9.26 Å². The molecule has 1 aromatic rings. The van der Waals surface area contributed by atoms with E-state index in [0.717, 1.165) is 19.3 Å². The molecule has 5 nitrogen and oxygen atoms in total. The van der Waals surface area contributed by atoms with Gasteiger partial charge in [-0.1, -0.05) is 41.9 Å². The van der Waals surface area contributed by atoms with Crippen molar-refractivity contribution in [2.75, 3.05) is 0 Å². The van der Waals surface area contributed by atoms with E-state index in [-0.39, 0.29) is 27.7 Å². The van der Waals surface area contributed by atoms with Crippen molar-refractivity contribution in [3.63, 3.8) is 0 Å². The van der Waals surface area contributed by atoms with Crippen LogP contribution in [0.4, 0.5) is 0 Å². The lowest BCUT2D eigenvalue weighted by molar-refractivity contribution is -0.171. The van der Waals surface area contributed by atoms with Gasteiger partial charge in [0.1, 0.15) is 0 Å². The molecule has 0 aromatic carbocycles. The van der Waals surface area contributed by atoms with Gasteiger partial charge in [-0.05, 0) is 50.4 Å². The standard InChI is InChI=1S/C18H25BrN2O3/c1-16(2,3)14-20-13(24-21-14)9-23-15(22)17-5-11-4-12(6-17)8-18(19,7-11)10-17/h11-12H,4-10H2,1-3H3. The van der Waals surface area contributed by atoms with E-state index >= 15 is 0 Å². The van der Waals surface area contributed by atoms with Crippen molar-refractivity contribution in [2.24, 2.45) is 17.3 Å². The fourth-order valence-corrected chi connectivity index (χ4v) is 6.74. The zero-order chi connectivity index (χ0) is 17.2. The van der Waals surface area contributed by atoms with Gasteiger partial charge >= 0.3 is 5.97 Å². The van der Waals surface area contributed by atoms with Gasteiger partial charge in [-0.15, -0.1) is 0 Å². The number of hydrogen-bond donors (Lipinski definition) is 0. The maximum atomic E-state index is 12.9. The fraction of sp³-hybridized carbons (Fsp3) is 0.833. The van der Waals surface area contributed by atoms with Crippen LogP contribution in [0.5, 0.6) is 0 Å². The summed E-state index contributed by atoms with van der Waals surface area (Å²) >= 11 is 3.93. The number of halogens is 1. The van der Waals surface area contributed by atoms with Crippen LogP contribution in [0, 0.1) is 17.3 Å². The SMILES string of the molecule is CC(C)(C)c1noc(COC(=O)C23CC4CC(CC(Br)(C4)C2)C3)n1. The van der Waals surface area contributed by atoms with Gasteiger partial charge in [0, 0.05) is 9.74 Å². The highest BCUT2D eigenvalue weighted by molar-refractivity contribution is 9.10. The van der Waals surface area contributed by atoms with Crippen LogP contribution in [0.2, 0.25) is 0 Å². The van der Waals surface area contributed by atoms with Gasteiger partial charge in [0.2, 0.25) is 0 Å². The number of ether oxygens (including phenoxy) is 1. The first-order valence-electron chi connectivity index (χ1n) is 8.87. The lowest BCUT2D eigenvalue weighted by atomic mass is 9.49. The van der Waals surface area contributed by atoms with Crippen LogP contribution in [0.25, 0.3) is 0 Å². The first-order chi connectivity index (χ1) is 11.2. The molecule has 1 aromatic heterocycles. The minimum atomic E-state index is -0.305. The van der Waals surface area contributed by atoms with Crippen LogP contribution in [0.3, 0.4) is 0 Å². The number of esters is 1. The van der Waals surface area contributed by atoms with Crippen molar-refractivity contribution >= 4 is 21.9 Å². The Morgan fingerprint density at radius 3 is 2.50 bits per heavy atom. The topological polar surface area (TPSA) is 65.2 Å². The summed E-state index contributed by atoms with van der Waals surface area (Å²) in [5.41, 5.74) is -0.478. The number of carbonyl (C=O) groups excluding carboxylic acids is 1. The van der Waals surface area contributed by atoms with Gasteiger partial charge in [-0.2, -0.15) is 4.98 Å². The highest BCUT2D eigenvalue weighted by atomic mass is 79.9. The number of nitrogens with zero attached hydrogens (tertiary/aromatic N) is 2. The van der Waals surface area contributed by atoms with Crippen molar-refractivity contribution in [1.29, 1.82) is 0 Å². The summed E-state index contributed by atoms with van der Waals surface area (Å²) in [6.07, 6.45) is 6.55. The van der Waals surface area contributed by atoms with Gasteiger partial charge in [0.05, 0.1) is 5.41 Å². The summed E-state index contributed by atoms with van der Waals surface area (Å²) in [4.78, 5) is 17.2. The van der Waals surface area contributed by atoms with Crippen LogP contribution in [-0.4, -0.2) is 20.4 Å². The van der Waals surface area contributed by atoms with E-state index in [1.165, 1.54) is 19.3 Å². The average Bonchev–Trinajstić information content (AvgIpc) is 2.90. The second-order valence-electron chi connectivity index (χ2n) is 9.23. The summed E-state index contributed by atoms with van der Waals surface area (Å²) in [5.74, 6) is 2.27. The number of aromatic nitrogens is 2. The smallest absolute Gasteiger partial charge is 0.312 e. The van der Waals surface area contributed by atoms with Gasteiger partial charge < -0.3 is 9.26 Å². The van der Waals surface area contributed by atoms with Crippen LogP contribution >= 0.6 is 15.9 Å². The summed E-state index contributed by atoms with van der Waals surface area (Å²) in [6.45, 7) is 6.16. The largest absolute Gasteiger partial charge is 0.455 e. The van der Waals surface area contributed by atoms with E-state index in [1.807, 2.05) is 20.8 Å². The molecule has 2 unspecified atom stereocenters. The first kappa shape index (κ1) is 16.6. The van der Waals surface area contributed by atoms with Crippen molar-refractivity contribution < 1.29 is 14.1 Å². The van der Waals surface area contributed by atoms with E-state index in [9.17, 15) is 4.79 Å². The molecule has 4 aliphatic carbocycles. The normalized spacial score (nSPS) is 37.7. The Hall–Kier alpha value is -0.910. The number of carbonyl (C=O) groups is 1. The van der Waals surface area contributed by atoms with E-state index in [2.05, 4.69) is 26.1 Å². The quantitative estimate of drug-likeness (QED) is 0.567. The first-order valence-corrected chi connectivity index (χ1v) is 9.66. The Morgan fingerprint density at radius 2 is 1.96 bits per heavy atom. The highest BCUT2D eigenvalue weighted by Gasteiger charge is 2.60. The van der Waals surface area contributed by atoms with Crippen LogP contribution in [-0.2, 0) is 21.6 Å². The molecule has 1 heterocycles. The monoisotopic (exact) mass is 396 g/mol. The maximum absolute atomic E-state index is 12.9. The lowest BCUT2D eigenvalue weighted by Crippen LogP contribution is -2.56. The van der Waals surface area contributed by atoms with Gasteiger partial charge in [0.25, 0.3) is 5.89 Å². The lowest BCUT2D eigenvalue weighted by Gasteiger charge is -2.58. The molecule has 4 saturated carbocycles. The molecule has 0 amide bonds. The molecule has 24 heavy (non-hydrogen) atoms. The van der Waals surface area contributed by atoms with Crippen molar-refractivity contribution in [2.45, 2.75) is 75.6 Å². The highest BCUT2D eigenvalue weighted by Crippen LogP contribution is 2.64. The van der Waals surface area contributed by atoms with E-state index in [1.54, 1.807) is 0 Å². The minimum Gasteiger partial charge on any atom is -0.455 e. The minimum absolute atomic E-state index is 0.0732. The molecule has 4 fully saturated rings. The molecular formula is C18H25BrN2O3. The number of hydrogen-bond acceptors (Lipinski definition) is 5. The molecule has 0 spiro atoms. The summed E-state index contributed by atoms with van der Waals surface area (Å²) in [6, 6.07) is 0. The van der Waals surface area contributed by atoms with Gasteiger partial charge in [-0.3, -0.25) is 4.79 Å². The zero-order valence-electron chi connectivity index (χ0n) is 14.6. The predicted octanol–water partition coefficient (Wildman–Crippen LogP) is 4.14.